The molecule has 0 saturated carbocycles. The number of carbonyl (C=O) groups excluding carboxylic acids is 1. The number of carboxylic acid groups (broad SMARTS) is 1. The monoisotopic (exact) mass is 466 g/mol. The maximum absolute atomic E-state index is 13.2. The normalized spacial score (nSPS) is 11.5. The molecule has 0 bridgehead atoms. The summed E-state index contributed by atoms with van der Waals surface area (Å²) in [5.41, 5.74) is 5.61. The Balaban J connectivity index is 1.67. The molecule has 35 heavy (non-hydrogen) atoms. The Kier molecular flexibility index (Phi) is 7.21. The Morgan fingerprint density at radius 3 is 2.31 bits per heavy atom. The lowest BCUT2D eigenvalue weighted by Gasteiger charge is -2.20. The highest BCUT2D eigenvalue weighted by Gasteiger charge is 2.21. The van der Waals surface area contributed by atoms with Crippen molar-refractivity contribution in [3.05, 3.63) is 108 Å². The number of methoxy groups -OCH3 is 1. The number of hydrogen-bond acceptors (Lipinski definition) is 4. The van der Waals surface area contributed by atoms with Gasteiger partial charge in [-0.3, -0.25) is 9.59 Å². The number of carbonyl (C=O) groups is 2. The van der Waals surface area contributed by atoms with Gasteiger partial charge in [-0.05, 0) is 46.9 Å². The summed E-state index contributed by atoms with van der Waals surface area (Å²) in [6.07, 6.45) is 1.21. The molecular formula is C29H26N2O4. The molecule has 6 nitrogen and oxygen atoms in total. The number of aromatic nitrogens is 1. The zero-order valence-electron chi connectivity index (χ0n) is 19.6. The molecule has 4 rings (SSSR count). The average Bonchev–Trinajstić information content (AvgIpc) is 2.88. The number of benzene rings is 3. The van der Waals surface area contributed by atoms with Gasteiger partial charge >= 0.3 is 5.97 Å². The lowest BCUT2D eigenvalue weighted by atomic mass is 9.97. The van der Waals surface area contributed by atoms with Crippen molar-refractivity contribution in [2.75, 3.05) is 7.11 Å². The smallest absolute Gasteiger partial charge is 0.305 e. The summed E-state index contributed by atoms with van der Waals surface area (Å²) >= 11 is 0. The van der Waals surface area contributed by atoms with Gasteiger partial charge in [0.1, 0.15) is 0 Å². The SMILES string of the molecule is COc1ncc(C(=O)N[C@@H](CC(=O)O)c2ccccc2C)cc1-c1cccc(-c2ccccc2)c1. The van der Waals surface area contributed by atoms with E-state index in [9.17, 15) is 14.7 Å². The Morgan fingerprint density at radius 2 is 1.60 bits per heavy atom. The fourth-order valence-corrected chi connectivity index (χ4v) is 4.08. The van der Waals surface area contributed by atoms with E-state index in [0.29, 0.717) is 17.0 Å². The quantitative estimate of drug-likeness (QED) is 0.349. The van der Waals surface area contributed by atoms with E-state index in [1.807, 2.05) is 85.8 Å². The number of aliphatic carboxylic acids is 1. The van der Waals surface area contributed by atoms with Crippen LogP contribution in [0.4, 0.5) is 0 Å². The van der Waals surface area contributed by atoms with Crippen LogP contribution in [0, 0.1) is 6.92 Å². The first-order chi connectivity index (χ1) is 17.0. The highest BCUT2D eigenvalue weighted by Crippen LogP contribution is 2.32. The number of nitrogens with zero attached hydrogens (tertiary/aromatic N) is 1. The van der Waals surface area contributed by atoms with Gasteiger partial charge in [-0.25, -0.2) is 4.98 Å². The summed E-state index contributed by atoms with van der Waals surface area (Å²) in [5.74, 6) is -1.01. The highest BCUT2D eigenvalue weighted by atomic mass is 16.5. The Bertz CT molecular complexity index is 1350. The molecule has 1 atom stereocenters. The molecule has 0 aliphatic heterocycles. The van der Waals surface area contributed by atoms with Crippen LogP contribution in [0.5, 0.6) is 5.88 Å². The molecule has 4 aromatic rings. The molecule has 2 N–H and O–H groups in total. The summed E-state index contributed by atoms with van der Waals surface area (Å²) in [4.78, 5) is 29.1. The van der Waals surface area contributed by atoms with Crippen LogP contribution in [0.1, 0.15) is 33.9 Å². The second-order valence-electron chi connectivity index (χ2n) is 8.21. The Hall–Kier alpha value is -4.45. The zero-order valence-corrected chi connectivity index (χ0v) is 19.6. The van der Waals surface area contributed by atoms with Crippen molar-refractivity contribution < 1.29 is 19.4 Å². The van der Waals surface area contributed by atoms with Crippen LogP contribution in [0.25, 0.3) is 22.3 Å². The molecule has 0 radical (unpaired) electrons. The predicted molar refractivity (Wildman–Crippen MR) is 135 cm³/mol. The number of hydrogen-bond donors (Lipinski definition) is 2. The standard InChI is InChI=1S/C29H26N2O4/c1-19-9-6-7-14-24(19)26(17-27(32)33)31-28(34)23-16-25(29(35-2)30-18-23)22-13-8-12-21(15-22)20-10-4-3-5-11-20/h3-16,18,26H,17H2,1-2H3,(H,31,34)(H,32,33)/t26-/m0/s1. The van der Waals surface area contributed by atoms with Gasteiger partial charge in [0.15, 0.2) is 0 Å². The van der Waals surface area contributed by atoms with Gasteiger partial charge in [-0.15, -0.1) is 0 Å². The first kappa shape index (κ1) is 23.7. The Labute approximate surface area is 204 Å². The van der Waals surface area contributed by atoms with Crippen LogP contribution in [-0.4, -0.2) is 29.1 Å². The molecule has 3 aromatic carbocycles. The molecule has 0 saturated heterocycles. The van der Waals surface area contributed by atoms with Crippen molar-refractivity contribution in [3.63, 3.8) is 0 Å². The van der Waals surface area contributed by atoms with Gasteiger partial charge in [0.2, 0.25) is 5.88 Å². The fraction of sp³-hybridized carbons (Fsp3) is 0.138. The van der Waals surface area contributed by atoms with Gasteiger partial charge in [0.05, 0.1) is 25.1 Å². The maximum Gasteiger partial charge on any atom is 0.305 e. The third-order valence-electron chi connectivity index (χ3n) is 5.84. The van der Waals surface area contributed by atoms with Crippen molar-refractivity contribution in [1.82, 2.24) is 10.3 Å². The van der Waals surface area contributed by atoms with Crippen LogP contribution in [0.3, 0.4) is 0 Å². The van der Waals surface area contributed by atoms with Crippen molar-refractivity contribution in [2.24, 2.45) is 0 Å². The largest absolute Gasteiger partial charge is 0.481 e. The molecule has 6 heteroatoms. The summed E-state index contributed by atoms with van der Waals surface area (Å²) in [6.45, 7) is 1.89. The topological polar surface area (TPSA) is 88.5 Å². The molecule has 1 amide bonds. The minimum Gasteiger partial charge on any atom is -0.481 e. The number of aryl methyl sites for hydroxylation is 1. The number of pyridine rings is 1. The second-order valence-corrected chi connectivity index (χ2v) is 8.21. The number of amides is 1. The van der Waals surface area contributed by atoms with E-state index in [4.69, 9.17) is 4.74 Å². The summed E-state index contributed by atoms with van der Waals surface area (Å²) in [5, 5.41) is 12.3. The van der Waals surface area contributed by atoms with Gasteiger partial charge in [0, 0.05) is 11.8 Å². The molecule has 0 unspecified atom stereocenters. The first-order valence-corrected chi connectivity index (χ1v) is 11.2. The van der Waals surface area contributed by atoms with E-state index in [1.54, 1.807) is 6.07 Å². The van der Waals surface area contributed by atoms with Gasteiger partial charge < -0.3 is 15.2 Å². The minimum atomic E-state index is -0.996. The summed E-state index contributed by atoms with van der Waals surface area (Å²) in [7, 11) is 1.54. The first-order valence-electron chi connectivity index (χ1n) is 11.2. The van der Waals surface area contributed by atoms with E-state index in [-0.39, 0.29) is 6.42 Å². The average molecular weight is 467 g/mol. The van der Waals surface area contributed by atoms with Crippen molar-refractivity contribution in [2.45, 2.75) is 19.4 Å². The van der Waals surface area contributed by atoms with E-state index in [0.717, 1.165) is 27.8 Å². The van der Waals surface area contributed by atoms with E-state index in [1.165, 1.54) is 13.3 Å². The molecule has 0 aliphatic rings. The predicted octanol–water partition coefficient (Wildman–Crippen LogP) is 5.68. The molecule has 0 spiro atoms. The summed E-state index contributed by atoms with van der Waals surface area (Å²) < 4.78 is 5.48. The number of ether oxygens (including phenoxy) is 1. The third kappa shape index (κ3) is 5.55. The molecule has 176 valence electrons. The van der Waals surface area contributed by atoms with Gasteiger partial charge in [0.25, 0.3) is 5.91 Å². The zero-order chi connectivity index (χ0) is 24.8. The van der Waals surface area contributed by atoms with Crippen molar-refractivity contribution in [1.29, 1.82) is 0 Å². The third-order valence-corrected chi connectivity index (χ3v) is 5.84. The van der Waals surface area contributed by atoms with Crippen LogP contribution in [0.15, 0.2) is 91.1 Å². The Morgan fingerprint density at radius 1 is 0.914 bits per heavy atom. The lowest BCUT2D eigenvalue weighted by molar-refractivity contribution is -0.137. The minimum absolute atomic E-state index is 0.230. The number of rotatable bonds is 8. The van der Waals surface area contributed by atoms with Gasteiger partial charge in [-0.2, -0.15) is 0 Å². The summed E-state index contributed by atoms with van der Waals surface area (Å²) in [6, 6.07) is 26.4. The molecule has 0 fully saturated rings. The number of nitrogens with one attached hydrogen (secondary N) is 1. The number of carboxylic acids is 1. The second kappa shape index (κ2) is 10.7. The molecule has 1 aromatic heterocycles. The lowest BCUT2D eigenvalue weighted by Crippen LogP contribution is -2.30. The van der Waals surface area contributed by atoms with Crippen molar-refractivity contribution in [3.8, 4) is 28.1 Å². The van der Waals surface area contributed by atoms with Crippen LogP contribution >= 0.6 is 0 Å². The maximum atomic E-state index is 13.2. The van der Waals surface area contributed by atoms with Gasteiger partial charge in [-0.1, -0.05) is 72.8 Å². The van der Waals surface area contributed by atoms with Crippen LogP contribution < -0.4 is 10.1 Å². The van der Waals surface area contributed by atoms with Crippen molar-refractivity contribution >= 4 is 11.9 Å². The van der Waals surface area contributed by atoms with Crippen LogP contribution in [-0.2, 0) is 4.79 Å². The van der Waals surface area contributed by atoms with E-state index < -0.39 is 17.9 Å². The molecular weight excluding hydrogens is 440 g/mol. The molecule has 0 aliphatic carbocycles. The highest BCUT2D eigenvalue weighted by molar-refractivity contribution is 5.96. The molecule has 1 heterocycles. The van der Waals surface area contributed by atoms with E-state index >= 15 is 0 Å². The van der Waals surface area contributed by atoms with Crippen LogP contribution in [0.2, 0.25) is 0 Å². The van der Waals surface area contributed by atoms with E-state index in [2.05, 4.69) is 10.3 Å². The fourth-order valence-electron chi connectivity index (χ4n) is 4.08.